The Bertz CT molecular complexity index is 1020. The van der Waals surface area contributed by atoms with Gasteiger partial charge in [-0.25, -0.2) is 0 Å². The Kier molecular flexibility index (Phi) is 7.26. The van der Waals surface area contributed by atoms with Gasteiger partial charge in [0.15, 0.2) is 0 Å². The number of rotatable bonds is 7. The molecule has 0 aromatic heterocycles. The highest BCUT2D eigenvalue weighted by molar-refractivity contribution is 6.46. The molecule has 1 amide bonds. The molecule has 1 aliphatic heterocycles. The minimum Gasteiger partial charge on any atom is -0.507 e. The second kappa shape index (κ2) is 9.73. The van der Waals surface area contributed by atoms with Crippen molar-refractivity contribution in [3.05, 3.63) is 69.2 Å². The number of carbonyl (C=O) groups is 2. The van der Waals surface area contributed by atoms with Crippen LogP contribution in [-0.4, -0.2) is 60.9 Å². The van der Waals surface area contributed by atoms with Crippen molar-refractivity contribution >= 4 is 40.7 Å². The summed E-state index contributed by atoms with van der Waals surface area (Å²) in [6, 6.07) is 10.9. The maximum atomic E-state index is 13.0. The van der Waals surface area contributed by atoms with Crippen LogP contribution < -0.4 is 4.74 Å². The molecule has 1 fully saturated rings. The van der Waals surface area contributed by atoms with Crippen LogP contribution in [0.5, 0.6) is 5.75 Å². The first kappa shape index (κ1) is 23.1. The van der Waals surface area contributed by atoms with Crippen molar-refractivity contribution in [3.63, 3.8) is 0 Å². The number of amides is 1. The number of hydrogen-bond acceptors (Lipinski definition) is 5. The average Bonchev–Trinajstić information content (AvgIpc) is 3.00. The van der Waals surface area contributed by atoms with E-state index in [0.717, 1.165) is 6.54 Å². The number of halogens is 2. The topological polar surface area (TPSA) is 70.1 Å². The predicted molar refractivity (Wildman–Crippen MR) is 122 cm³/mol. The summed E-state index contributed by atoms with van der Waals surface area (Å²) in [6.45, 7) is 1.13. The van der Waals surface area contributed by atoms with Gasteiger partial charge in [0.25, 0.3) is 11.7 Å². The molecule has 31 heavy (non-hydrogen) atoms. The molecule has 2 aromatic rings. The van der Waals surface area contributed by atoms with Crippen molar-refractivity contribution in [3.8, 4) is 5.75 Å². The lowest BCUT2D eigenvalue weighted by Crippen LogP contribution is -2.32. The van der Waals surface area contributed by atoms with Crippen LogP contribution in [-0.2, 0) is 9.59 Å². The number of aliphatic hydroxyl groups excluding tert-OH is 1. The predicted octanol–water partition coefficient (Wildman–Crippen LogP) is 4.38. The van der Waals surface area contributed by atoms with Crippen molar-refractivity contribution < 1.29 is 19.4 Å². The minimum absolute atomic E-state index is 0.0263. The van der Waals surface area contributed by atoms with Gasteiger partial charge in [-0.1, -0.05) is 35.3 Å². The fourth-order valence-electron chi connectivity index (χ4n) is 3.60. The SMILES string of the molecule is COc1ccc(C2/C(=C(/O)c3ccc(Cl)c(Cl)c3)C(=O)C(=O)N2CCCN(C)C)cc1. The second-order valence-corrected chi connectivity index (χ2v) is 8.37. The summed E-state index contributed by atoms with van der Waals surface area (Å²) in [5.74, 6) is -0.999. The van der Waals surface area contributed by atoms with Crippen molar-refractivity contribution in [2.24, 2.45) is 0 Å². The second-order valence-electron chi connectivity index (χ2n) is 7.55. The number of methoxy groups -OCH3 is 1. The van der Waals surface area contributed by atoms with E-state index in [2.05, 4.69) is 0 Å². The van der Waals surface area contributed by atoms with Crippen LogP contribution in [0.15, 0.2) is 48.0 Å². The van der Waals surface area contributed by atoms with Gasteiger partial charge in [0.2, 0.25) is 0 Å². The Labute approximate surface area is 191 Å². The molecule has 8 heteroatoms. The van der Waals surface area contributed by atoms with E-state index in [0.29, 0.717) is 34.9 Å². The maximum Gasteiger partial charge on any atom is 0.295 e. The van der Waals surface area contributed by atoms with E-state index in [1.807, 2.05) is 19.0 Å². The third kappa shape index (κ3) is 4.87. The molecule has 2 aromatic carbocycles. The zero-order valence-corrected chi connectivity index (χ0v) is 19.1. The van der Waals surface area contributed by atoms with Crippen molar-refractivity contribution in [1.29, 1.82) is 0 Å². The number of likely N-dealkylation sites (tertiary alicyclic amines) is 1. The summed E-state index contributed by atoms with van der Waals surface area (Å²) in [6.07, 6.45) is 0.680. The summed E-state index contributed by atoms with van der Waals surface area (Å²) < 4.78 is 5.22. The normalized spacial score (nSPS) is 18.1. The quantitative estimate of drug-likeness (QED) is 0.375. The molecule has 3 rings (SSSR count). The number of benzene rings is 2. The first-order valence-corrected chi connectivity index (χ1v) is 10.5. The van der Waals surface area contributed by atoms with Crippen LogP contribution >= 0.6 is 23.2 Å². The van der Waals surface area contributed by atoms with Crippen LogP contribution in [0.4, 0.5) is 0 Å². The number of nitrogens with zero attached hydrogens (tertiary/aromatic N) is 2. The molecule has 1 unspecified atom stereocenters. The van der Waals surface area contributed by atoms with Crippen LogP contribution in [0.25, 0.3) is 5.76 Å². The van der Waals surface area contributed by atoms with Gasteiger partial charge in [-0.15, -0.1) is 0 Å². The molecule has 1 aliphatic rings. The number of ether oxygens (including phenoxy) is 1. The van der Waals surface area contributed by atoms with Crippen LogP contribution in [0.3, 0.4) is 0 Å². The fraction of sp³-hybridized carbons (Fsp3) is 0.304. The van der Waals surface area contributed by atoms with E-state index in [1.165, 1.54) is 17.0 Å². The van der Waals surface area contributed by atoms with Crippen LogP contribution in [0.2, 0.25) is 10.0 Å². The lowest BCUT2D eigenvalue weighted by Gasteiger charge is -2.26. The summed E-state index contributed by atoms with van der Waals surface area (Å²) in [5.41, 5.74) is 1.05. The molecule has 164 valence electrons. The molecule has 0 bridgehead atoms. The first-order valence-electron chi connectivity index (χ1n) is 9.77. The standard InChI is InChI=1S/C23H24Cl2N2O4/c1-26(2)11-4-12-27-20(14-5-8-16(31-3)9-6-14)19(22(29)23(27)30)21(28)15-7-10-17(24)18(25)13-15/h5-10,13,20,28H,4,11-12H2,1-3H3/b21-19-. The summed E-state index contributed by atoms with van der Waals surface area (Å²) in [7, 11) is 5.45. The monoisotopic (exact) mass is 462 g/mol. The van der Waals surface area contributed by atoms with Gasteiger partial charge in [0.1, 0.15) is 11.5 Å². The van der Waals surface area contributed by atoms with Gasteiger partial charge in [-0.2, -0.15) is 0 Å². The third-order valence-corrected chi connectivity index (χ3v) is 5.91. The Morgan fingerprint density at radius 3 is 2.35 bits per heavy atom. The molecule has 0 radical (unpaired) electrons. The lowest BCUT2D eigenvalue weighted by molar-refractivity contribution is -0.139. The number of hydrogen-bond donors (Lipinski definition) is 1. The molecule has 1 N–H and O–H groups in total. The highest BCUT2D eigenvalue weighted by Crippen LogP contribution is 2.40. The van der Waals surface area contributed by atoms with Crippen LogP contribution in [0, 0.1) is 0 Å². The summed E-state index contributed by atoms with van der Waals surface area (Å²) >= 11 is 12.1. The Hall–Kier alpha value is -2.54. The van der Waals surface area contributed by atoms with E-state index in [-0.39, 0.29) is 16.4 Å². The van der Waals surface area contributed by atoms with Gasteiger partial charge in [0, 0.05) is 12.1 Å². The largest absolute Gasteiger partial charge is 0.507 e. The molecular formula is C23H24Cl2N2O4. The third-order valence-electron chi connectivity index (χ3n) is 5.17. The summed E-state index contributed by atoms with van der Waals surface area (Å²) in [5, 5.41) is 11.6. The highest BCUT2D eigenvalue weighted by atomic mass is 35.5. The molecule has 1 saturated heterocycles. The van der Waals surface area contributed by atoms with E-state index < -0.39 is 17.7 Å². The van der Waals surface area contributed by atoms with Gasteiger partial charge in [-0.05, 0) is 63.0 Å². The molecule has 6 nitrogen and oxygen atoms in total. The molecule has 1 heterocycles. The fourth-order valence-corrected chi connectivity index (χ4v) is 3.90. The van der Waals surface area contributed by atoms with Gasteiger partial charge < -0.3 is 19.6 Å². The van der Waals surface area contributed by atoms with E-state index in [4.69, 9.17) is 27.9 Å². The van der Waals surface area contributed by atoms with E-state index >= 15 is 0 Å². The highest BCUT2D eigenvalue weighted by Gasteiger charge is 2.45. The molecular weight excluding hydrogens is 439 g/mol. The van der Waals surface area contributed by atoms with Crippen molar-refractivity contribution in [2.75, 3.05) is 34.3 Å². The van der Waals surface area contributed by atoms with Crippen LogP contribution in [0.1, 0.15) is 23.6 Å². The summed E-state index contributed by atoms with van der Waals surface area (Å²) in [4.78, 5) is 29.4. The number of aliphatic hydroxyl groups is 1. The van der Waals surface area contributed by atoms with Gasteiger partial charge in [0.05, 0.1) is 28.8 Å². The molecule has 0 spiro atoms. The molecule has 0 saturated carbocycles. The molecule has 0 aliphatic carbocycles. The van der Waals surface area contributed by atoms with E-state index in [9.17, 15) is 14.7 Å². The average molecular weight is 463 g/mol. The van der Waals surface area contributed by atoms with Crippen molar-refractivity contribution in [2.45, 2.75) is 12.5 Å². The number of Topliss-reactive ketones (excluding diaryl/α,β-unsaturated/α-hetero) is 1. The lowest BCUT2D eigenvalue weighted by atomic mass is 9.95. The molecule has 1 atom stereocenters. The van der Waals surface area contributed by atoms with E-state index in [1.54, 1.807) is 37.4 Å². The Morgan fingerprint density at radius 1 is 1.10 bits per heavy atom. The Balaban J connectivity index is 2.10. The maximum absolute atomic E-state index is 13.0. The smallest absolute Gasteiger partial charge is 0.295 e. The van der Waals surface area contributed by atoms with Gasteiger partial charge in [-0.3, -0.25) is 9.59 Å². The van der Waals surface area contributed by atoms with Gasteiger partial charge >= 0.3 is 0 Å². The zero-order valence-electron chi connectivity index (χ0n) is 17.6. The number of carbonyl (C=O) groups excluding carboxylic acids is 2. The Morgan fingerprint density at radius 2 is 1.77 bits per heavy atom. The minimum atomic E-state index is -0.728. The first-order chi connectivity index (χ1) is 14.7. The number of ketones is 1. The zero-order chi connectivity index (χ0) is 22.7. The van der Waals surface area contributed by atoms with Crippen molar-refractivity contribution in [1.82, 2.24) is 9.80 Å².